The van der Waals surface area contributed by atoms with Crippen molar-refractivity contribution in [3.05, 3.63) is 23.8 Å². The zero-order valence-corrected chi connectivity index (χ0v) is 14.1. The lowest BCUT2D eigenvalue weighted by atomic mass is 10.1. The summed E-state index contributed by atoms with van der Waals surface area (Å²) in [6.07, 6.45) is 1.27. The molecule has 3 N–H and O–H groups in total. The largest absolute Gasteiger partial charge is 0.376 e. The molecule has 1 fully saturated rings. The number of hydrogen-bond donors (Lipinski definition) is 3. The van der Waals surface area contributed by atoms with E-state index in [9.17, 15) is 14.4 Å². The molecule has 1 heterocycles. The molecule has 1 saturated heterocycles. The van der Waals surface area contributed by atoms with Crippen molar-refractivity contribution in [2.75, 3.05) is 36.8 Å². The van der Waals surface area contributed by atoms with Crippen molar-refractivity contribution >= 4 is 29.1 Å². The number of amides is 3. The normalized spacial score (nSPS) is 14.1. The summed E-state index contributed by atoms with van der Waals surface area (Å²) in [6, 6.07) is 5.53. The Morgan fingerprint density at radius 3 is 2.75 bits per heavy atom. The van der Waals surface area contributed by atoms with Gasteiger partial charge in [0.2, 0.25) is 17.7 Å². The van der Waals surface area contributed by atoms with Gasteiger partial charge in [0.05, 0.1) is 13.1 Å². The quantitative estimate of drug-likeness (QED) is 0.728. The van der Waals surface area contributed by atoms with Crippen LogP contribution in [0.2, 0.25) is 0 Å². The van der Waals surface area contributed by atoms with Crippen molar-refractivity contribution in [3.63, 3.8) is 0 Å². The minimum atomic E-state index is -0.133. The van der Waals surface area contributed by atoms with Crippen LogP contribution >= 0.6 is 0 Å². The number of piperazine rings is 1. The Balaban J connectivity index is 1.96. The highest BCUT2D eigenvalue weighted by molar-refractivity contribution is 5.93. The average Bonchev–Trinajstić information content (AvgIpc) is 2.55. The molecule has 130 valence electrons. The van der Waals surface area contributed by atoms with Crippen LogP contribution in [0.3, 0.4) is 0 Å². The van der Waals surface area contributed by atoms with Gasteiger partial charge in [-0.3, -0.25) is 14.4 Å². The molecule has 2 rings (SSSR count). The molecule has 1 aromatic rings. The molecule has 0 unspecified atom stereocenters. The maximum Gasteiger partial charge on any atom is 0.242 e. The highest BCUT2D eigenvalue weighted by Gasteiger charge is 2.20. The van der Waals surface area contributed by atoms with Gasteiger partial charge >= 0.3 is 0 Å². The SMILES string of the molecule is CCCC(=O)Nc1cccc(NCC(=O)N2CCNC(=O)C2)c1C. The third-order valence-corrected chi connectivity index (χ3v) is 3.91. The number of nitrogens with zero attached hydrogens (tertiary/aromatic N) is 1. The third-order valence-electron chi connectivity index (χ3n) is 3.91. The molecule has 3 amide bonds. The van der Waals surface area contributed by atoms with Gasteiger partial charge in [0.15, 0.2) is 0 Å². The molecule has 1 aliphatic rings. The van der Waals surface area contributed by atoms with Gasteiger partial charge in [-0.05, 0) is 31.0 Å². The first-order valence-corrected chi connectivity index (χ1v) is 8.19. The number of carbonyl (C=O) groups excluding carboxylic acids is 3. The van der Waals surface area contributed by atoms with Crippen LogP contribution in [0.5, 0.6) is 0 Å². The van der Waals surface area contributed by atoms with Crippen molar-refractivity contribution < 1.29 is 14.4 Å². The van der Waals surface area contributed by atoms with E-state index in [1.165, 1.54) is 4.90 Å². The summed E-state index contributed by atoms with van der Waals surface area (Å²) in [7, 11) is 0. The summed E-state index contributed by atoms with van der Waals surface area (Å²) in [6.45, 7) is 5.08. The maximum atomic E-state index is 12.2. The van der Waals surface area contributed by atoms with Crippen LogP contribution in [0.15, 0.2) is 18.2 Å². The fourth-order valence-electron chi connectivity index (χ4n) is 2.54. The number of carbonyl (C=O) groups is 3. The Bertz CT molecular complexity index is 630. The van der Waals surface area contributed by atoms with Gasteiger partial charge in [0.1, 0.15) is 0 Å². The molecular weight excluding hydrogens is 308 g/mol. The summed E-state index contributed by atoms with van der Waals surface area (Å²) in [4.78, 5) is 36.8. The molecule has 7 nitrogen and oxygen atoms in total. The average molecular weight is 332 g/mol. The molecule has 1 aliphatic heterocycles. The van der Waals surface area contributed by atoms with E-state index >= 15 is 0 Å². The standard InChI is InChI=1S/C17H24N4O3/c1-3-5-15(22)20-14-7-4-6-13(12(14)2)19-10-17(24)21-9-8-18-16(23)11-21/h4,6-7,19H,3,5,8-11H2,1-2H3,(H,18,23)(H,20,22). The van der Waals surface area contributed by atoms with Crippen molar-refractivity contribution in [1.82, 2.24) is 10.2 Å². The van der Waals surface area contributed by atoms with Crippen LogP contribution < -0.4 is 16.0 Å². The summed E-state index contributed by atoms with van der Waals surface area (Å²) >= 11 is 0. The van der Waals surface area contributed by atoms with E-state index in [1.54, 1.807) is 0 Å². The van der Waals surface area contributed by atoms with Crippen molar-refractivity contribution in [2.45, 2.75) is 26.7 Å². The molecule has 0 aromatic heterocycles. The van der Waals surface area contributed by atoms with E-state index in [-0.39, 0.29) is 30.8 Å². The van der Waals surface area contributed by atoms with Gasteiger partial charge in [0, 0.05) is 30.9 Å². The van der Waals surface area contributed by atoms with E-state index in [0.717, 1.165) is 23.4 Å². The molecule has 0 atom stereocenters. The highest BCUT2D eigenvalue weighted by atomic mass is 16.2. The Morgan fingerprint density at radius 1 is 1.29 bits per heavy atom. The molecule has 0 aliphatic carbocycles. The Labute approximate surface area is 141 Å². The highest BCUT2D eigenvalue weighted by Crippen LogP contribution is 2.23. The fraction of sp³-hybridized carbons (Fsp3) is 0.471. The van der Waals surface area contributed by atoms with Crippen LogP contribution in [-0.2, 0) is 14.4 Å². The Hall–Kier alpha value is -2.57. The third kappa shape index (κ3) is 4.71. The molecule has 0 saturated carbocycles. The monoisotopic (exact) mass is 332 g/mol. The topological polar surface area (TPSA) is 90.5 Å². The first-order valence-electron chi connectivity index (χ1n) is 8.19. The first kappa shape index (κ1) is 17.8. The minimum absolute atomic E-state index is 0.0202. The molecule has 0 radical (unpaired) electrons. The molecule has 0 bridgehead atoms. The predicted octanol–water partition coefficient (Wildman–Crippen LogP) is 1.10. The molecule has 24 heavy (non-hydrogen) atoms. The maximum absolute atomic E-state index is 12.2. The summed E-state index contributed by atoms with van der Waals surface area (Å²) < 4.78 is 0. The van der Waals surface area contributed by atoms with Crippen LogP contribution in [0, 0.1) is 6.92 Å². The van der Waals surface area contributed by atoms with Crippen LogP contribution in [0.25, 0.3) is 0 Å². The number of hydrogen-bond acceptors (Lipinski definition) is 4. The van der Waals surface area contributed by atoms with E-state index < -0.39 is 0 Å². The van der Waals surface area contributed by atoms with E-state index in [1.807, 2.05) is 32.0 Å². The van der Waals surface area contributed by atoms with Crippen molar-refractivity contribution in [2.24, 2.45) is 0 Å². The first-order chi connectivity index (χ1) is 11.5. The summed E-state index contributed by atoms with van der Waals surface area (Å²) in [5.41, 5.74) is 2.41. The minimum Gasteiger partial charge on any atom is -0.376 e. The van der Waals surface area contributed by atoms with Crippen LogP contribution in [-0.4, -0.2) is 48.8 Å². The molecule has 0 spiro atoms. The molecule has 1 aromatic carbocycles. The van der Waals surface area contributed by atoms with Gasteiger partial charge in [-0.2, -0.15) is 0 Å². The number of anilines is 2. The second-order valence-corrected chi connectivity index (χ2v) is 5.80. The van der Waals surface area contributed by atoms with Gasteiger partial charge in [-0.15, -0.1) is 0 Å². The van der Waals surface area contributed by atoms with Crippen molar-refractivity contribution in [3.8, 4) is 0 Å². The number of nitrogens with one attached hydrogen (secondary N) is 3. The fourth-order valence-corrected chi connectivity index (χ4v) is 2.54. The summed E-state index contributed by atoms with van der Waals surface area (Å²) in [5, 5.41) is 8.67. The summed E-state index contributed by atoms with van der Waals surface area (Å²) in [5.74, 6) is -0.274. The van der Waals surface area contributed by atoms with Crippen molar-refractivity contribution in [1.29, 1.82) is 0 Å². The number of rotatable bonds is 6. The van der Waals surface area contributed by atoms with Gasteiger partial charge < -0.3 is 20.9 Å². The molecule has 7 heteroatoms. The second kappa shape index (κ2) is 8.33. The molecular formula is C17H24N4O3. The van der Waals surface area contributed by atoms with Crippen LogP contribution in [0.4, 0.5) is 11.4 Å². The zero-order chi connectivity index (χ0) is 17.5. The zero-order valence-electron chi connectivity index (χ0n) is 14.1. The Morgan fingerprint density at radius 2 is 2.04 bits per heavy atom. The van der Waals surface area contributed by atoms with Gasteiger partial charge in [-0.25, -0.2) is 0 Å². The van der Waals surface area contributed by atoms with Gasteiger partial charge in [-0.1, -0.05) is 13.0 Å². The van der Waals surface area contributed by atoms with E-state index in [2.05, 4.69) is 16.0 Å². The van der Waals surface area contributed by atoms with E-state index in [4.69, 9.17) is 0 Å². The number of benzene rings is 1. The Kier molecular flexibility index (Phi) is 6.17. The predicted molar refractivity (Wildman–Crippen MR) is 92.8 cm³/mol. The lowest BCUT2D eigenvalue weighted by Crippen LogP contribution is -2.51. The van der Waals surface area contributed by atoms with Crippen LogP contribution in [0.1, 0.15) is 25.3 Å². The lowest BCUT2D eigenvalue weighted by molar-refractivity contribution is -0.136. The van der Waals surface area contributed by atoms with Gasteiger partial charge in [0.25, 0.3) is 0 Å². The second-order valence-electron chi connectivity index (χ2n) is 5.80. The van der Waals surface area contributed by atoms with E-state index in [0.29, 0.717) is 19.5 Å². The smallest absolute Gasteiger partial charge is 0.242 e. The lowest BCUT2D eigenvalue weighted by Gasteiger charge is -2.27.